The first kappa shape index (κ1) is 16.6. The predicted molar refractivity (Wildman–Crippen MR) is 99.3 cm³/mol. The summed E-state index contributed by atoms with van der Waals surface area (Å²) in [6, 6.07) is 4.68. The molecule has 0 bridgehead atoms. The highest BCUT2D eigenvalue weighted by molar-refractivity contribution is 5.68. The molecule has 23 heavy (non-hydrogen) atoms. The molecule has 0 saturated heterocycles. The van der Waals surface area contributed by atoms with Crippen molar-refractivity contribution in [2.75, 3.05) is 6.61 Å². The molecule has 0 amide bonds. The molecule has 1 aromatic rings. The summed E-state index contributed by atoms with van der Waals surface area (Å²) < 4.78 is 6.10. The second kappa shape index (κ2) is 5.69. The van der Waals surface area contributed by atoms with Gasteiger partial charge in [-0.3, -0.25) is 0 Å². The molecule has 2 aliphatic rings. The van der Waals surface area contributed by atoms with Crippen LogP contribution in [0.1, 0.15) is 83.4 Å². The highest BCUT2D eigenvalue weighted by Crippen LogP contribution is 2.46. The number of allylic oxidation sites excluding steroid dienone is 1. The van der Waals surface area contributed by atoms with Gasteiger partial charge in [0, 0.05) is 16.5 Å². The average Bonchev–Trinajstić information content (AvgIpc) is 3.22. The van der Waals surface area contributed by atoms with Gasteiger partial charge in [0.25, 0.3) is 0 Å². The van der Waals surface area contributed by atoms with Gasteiger partial charge in [0.1, 0.15) is 5.75 Å². The van der Waals surface area contributed by atoms with Crippen LogP contribution < -0.4 is 4.74 Å². The van der Waals surface area contributed by atoms with Gasteiger partial charge in [0.15, 0.2) is 0 Å². The lowest BCUT2D eigenvalue weighted by Gasteiger charge is -2.24. The molecule has 126 valence electrons. The van der Waals surface area contributed by atoms with E-state index < -0.39 is 0 Å². The molecule has 3 rings (SSSR count). The standard InChI is InChI=1S/C22H32O/c1-15(8-7-9-16-10-11-16)17-12-18(21(2,3)4)20-19(13-17)22(5,6)14-23-20/h12-13,16H,1,7-11,14H2,2-6H3. The molecule has 1 fully saturated rings. The Bertz CT molecular complexity index is 612. The van der Waals surface area contributed by atoms with E-state index in [0.29, 0.717) is 0 Å². The van der Waals surface area contributed by atoms with Crippen LogP contribution in [-0.4, -0.2) is 6.61 Å². The third-order valence-corrected chi connectivity index (χ3v) is 5.40. The molecule has 0 unspecified atom stereocenters. The van der Waals surface area contributed by atoms with Gasteiger partial charge in [-0.2, -0.15) is 0 Å². The first-order chi connectivity index (χ1) is 10.7. The largest absolute Gasteiger partial charge is 0.492 e. The van der Waals surface area contributed by atoms with Gasteiger partial charge in [-0.15, -0.1) is 0 Å². The van der Waals surface area contributed by atoms with Crippen molar-refractivity contribution in [3.05, 3.63) is 35.4 Å². The van der Waals surface area contributed by atoms with Crippen molar-refractivity contribution >= 4 is 5.57 Å². The number of hydrogen-bond donors (Lipinski definition) is 0. The zero-order valence-electron chi connectivity index (χ0n) is 15.6. The third kappa shape index (κ3) is 3.49. The molecule has 1 aliphatic carbocycles. The molecule has 0 aromatic heterocycles. The van der Waals surface area contributed by atoms with Crippen LogP contribution in [-0.2, 0) is 10.8 Å². The van der Waals surface area contributed by atoms with E-state index in [9.17, 15) is 0 Å². The van der Waals surface area contributed by atoms with Crippen molar-refractivity contribution in [2.24, 2.45) is 5.92 Å². The quantitative estimate of drug-likeness (QED) is 0.624. The second-order valence-corrected chi connectivity index (χ2v) is 9.26. The number of rotatable bonds is 5. The van der Waals surface area contributed by atoms with E-state index in [0.717, 1.165) is 24.7 Å². The molecule has 1 saturated carbocycles. The van der Waals surface area contributed by atoms with Gasteiger partial charge >= 0.3 is 0 Å². The molecule has 0 spiro atoms. The first-order valence-corrected chi connectivity index (χ1v) is 9.18. The van der Waals surface area contributed by atoms with Crippen molar-refractivity contribution in [3.63, 3.8) is 0 Å². The molecule has 1 heteroatoms. The lowest BCUT2D eigenvalue weighted by Crippen LogP contribution is -2.18. The Morgan fingerprint density at radius 3 is 2.57 bits per heavy atom. The van der Waals surface area contributed by atoms with E-state index in [1.807, 2.05) is 0 Å². The number of hydrogen-bond acceptors (Lipinski definition) is 1. The second-order valence-electron chi connectivity index (χ2n) is 9.26. The summed E-state index contributed by atoms with van der Waals surface area (Å²) in [5, 5.41) is 0. The zero-order chi connectivity index (χ0) is 16.8. The Labute approximate surface area is 142 Å². The van der Waals surface area contributed by atoms with Crippen LogP contribution in [0, 0.1) is 5.92 Å². The molecule has 0 radical (unpaired) electrons. The fraction of sp³-hybridized carbons (Fsp3) is 0.636. The minimum atomic E-state index is 0.0921. The first-order valence-electron chi connectivity index (χ1n) is 9.18. The van der Waals surface area contributed by atoms with Crippen molar-refractivity contribution in [3.8, 4) is 5.75 Å². The van der Waals surface area contributed by atoms with Gasteiger partial charge < -0.3 is 4.74 Å². The van der Waals surface area contributed by atoms with E-state index in [-0.39, 0.29) is 10.8 Å². The van der Waals surface area contributed by atoms with Crippen molar-refractivity contribution < 1.29 is 4.74 Å². The van der Waals surface area contributed by atoms with Crippen LogP contribution in [0.25, 0.3) is 5.57 Å². The molecule has 1 heterocycles. The summed E-state index contributed by atoms with van der Waals surface area (Å²) in [4.78, 5) is 0. The minimum absolute atomic E-state index is 0.0921. The number of ether oxygens (including phenoxy) is 1. The van der Waals surface area contributed by atoms with Crippen LogP contribution in [0.3, 0.4) is 0 Å². The Balaban J connectivity index is 1.89. The molecule has 1 aliphatic heterocycles. The fourth-order valence-electron chi connectivity index (χ4n) is 3.53. The van der Waals surface area contributed by atoms with Crippen LogP contribution in [0.5, 0.6) is 5.75 Å². The molecule has 1 nitrogen and oxygen atoms in total. The average molecular weight is 312 g/mol. The zero-order valence-corrected chi connectivity index (χ0v) is 15.6. The van der Waals surface area contributed by atoms with Crippen LogP contribution >= 0.6 is 0 Å². The molecular weight excluding hydrogens is 280 g/mol. The van der Waals surface area contributed by atoms with Crippen LogP contribution in [0.2, 0.25) is 0 Å². The van der Waals surface area contributed by atoms with Crippen molar-refractivity contribution in [1.29, 1.82) is 0 Å². The Morgan fingerprint density at radius 2 is 1.96 bits per heavy atom. The van der Waals surface area contributed by atoms with Crippen LogP contribution in [0.15, 0.2) is 18.7 Å². The molecule has 1 aromatic carbocycles. The Hall–Kier alpha value is -1.24. The van der Waals surface area contributed by atoms with E-state index in [1.54, 1.807) is 0 Å². The van der Waals surface area contributed by atoms with Gasteiger partial charge in [0.2, 0.25) is 0 Å². The fourth-order valence-corrected chi connectivity index (χ4v) is 3.53. The van der Waals surface area contributed by atoms with Crippen LogP contribution in [0.4, 0.5) is 0 Å². The van der Waals surface area contributed by atoms with Gasteiger partial charge in [0.05, 0.1) is 6.61 Å². The van der Waals surface area contributed by atoms with Gasteiger partial charge in [-0.25, -0.2) is 0 Å². The molecular formula is C22H32O. The van der Waals surface area contributed by atoms with E-state index in [2.05, 4.69) is 53.3 Å². The summed E-state index contributed by atoms with van der Waals surface area (Å²) in [7, 11) is 0. The molecule has 0 N–H and O–H groups in total. The lowest BCUT2D eigenvalue weighted by atomic mass is 9.78. The Morgan fingerprint density at radius 1 is 1.26 bits per heavy atom. The SMILES string of the molecule is C=C(CCCC1CC1)c1cc(C(C)(C)C)c2c(c1)C(C)(C)CO2. The highest BCUT2D eigenvalue weighted by Gasteiger charge is 2.36. The van der Waals surface area contributed by atoms with Crippen molar-refractivity contribution in [2.45, 2.75) is 77.6 Å². The summed E-state index contributed by atoms with van der Waals surface area (Å²) >= 11 is 0. The van der Waals surface area contributed by atoms with Gasteiger partial charge in [-0.1, -0.05) is 60.5 Å². The number of benzene rings is 1. The smallest absolute Gasteiger partial charge is 0.126 e. The summed E-state index contributed by atoms with van der Waals surface area (Å²) in [6.45, 7) is 16.6. The lowest BCUT2D eigenvalue weighted by molar-refractivity contribution is 0.286. The summed E-state index contributed by atoms with van der Waals surface area (Å²) in [5.74, 6) is 2.14. The highest BCUT2D eigenvalue weighted by atomic mass is 16.5. The van der Waals surface area contributed by atoms with E-state index in [4.69, 9.17) is 4.74 Å². The topological polar surface area (TPSA) is 9.23 Å². The predicted octanol–water partition coefficient (Wildman–Crippen LogP) is 6.25. The summed E-state index contributed by atoms with van der Waals surface area (Å²) in [6.07, 6.45) is 6.69. The monoisotopic (exact) mass is 312 g/mol. The number of fused-ring (bicyclic) bond motifs is 1. The maximum absolute atomic E-state index is 6.10. The van der Waals surface area contributed by atoms with E-state index >= 15 is 0 Å². The maximum Gasteiger partial charge on any atom is 0.126 e. The summed E-state index contributed by atoms with van der Waals surface area (Å²) in [5.41, 5.74) is 5.50. The normalized spacial score (nSPS) is 19.3. The van der Waals surface area contributed by atoms with Gasteiger partial charge in [-0.05, 0) is 47.4 Å². The molecule has 0 atom stereocenters. The maximum atomic E-state index is 6.10. The van der Waals surface area contributed by atoms with Crippen molar-refractivity contribution in [1.82, 2.24) is 0 Å². The minimum Gasteiger partial charge on any atom is -0.492 e. The third-order valence-electron chi connectivity index (χ3n) is 5.40. The van der Waals surface area contributed by atoms with E-state index in [1.165, 1.54) is 47.9 Å². The Kier molecular flexibility index (Phi) is 4.11.